The molecule has 0 aliphatic carbocycles. The van der Waals surface area contributed by atoms with Crippen molar-refractivity contribution in [1.82, 2.24) is 15.3 Å². The summed E-state index contributed by atoms with van der Waals surface area (Å²) in [6.07, 6.45) is 8.11. The van der Waals surface area contributed by atoms with Crippen LogP contribution in [0.15, 0.2) is 42.7 Å². The number of rotatable bonds is 8. The number of H-pyrrole nitrogens is 1. The Kier molecular flexibility index (Phi) is 5.63. The quantitative estimate of drug-likeness (QED) is 0.763. The third-order valence-electron chi connectivity index (χ3n) is 3.30. The molecule has 0 saturated carbocycles. The van der Waals surface area contributed by atoms with Crippen molar-refractivity contribution >= 4 is 0 Å². The van der Waals surface area contributed by atoms with Crippen molar-refractivity contribution in [2.24, 2.45) is 0 Å². The Hall–Kier alpha value is -1.61. The molecule has 3 nitrogen and oxygen atoms in total. The summed E-state index contributed by atoms with van der Waals surface area (Å²) < 4.78 is 0. The van der Waals surface area contributed by atoms with E-state index in [1.807, 2.05) is 12.4 Å². The Bertz CT molecular complexity index is 436. The van der Waals surface area contributed by atoms with Gasteiger partial charge in [-0.2, -0.15) is 0 Å². The maximum Gasteiger partial charge on any atom is 0.107 e. The third-order valence-corrected chi connectivity index (χ3v) is 3.30. The monoisotopic (exact) mass is 257 g/mol. The minimum atomic E-state index is 0.492. The Morgan fingerprint density at radius 2 is 2.11 bits per heavy atom. The fraction of sp³-hybridized carbons (Fsp3) is 0.438. The second kappa shape index (κ2) is 7.74. The molecule has 102 valence electrons. The van der Waals surface area contributed by atoms with E-state index in [0.717, 1.165) is 31.6 Å². The molecule has 0 fully saturated rings. The van der Waals surface area contributed by atoms with Crippen LogP contribution in [0.5, 0.6) is 0 Å². The van der Waals surface area contributed by atoms with E-state index in [2.05, 4.69) is 52.5 Å². The Labute approximate surface area is 115 Å². The molecular weight excluding hydrogens is 234 g/mol. The van der Waals surface area contributed by atoms with E-state index >= 15 is 0 Å². The lowest BCUT2D eigenvalue weighted by atomic mass is 10.0. The number of aromatic amines is 1. The topological polar surface area (TPSA) is 40.7 Å². The summed E-state index contributed by atoms with van der Waals surface area (Å²) in [4.78, 5) is 7.51. The van der Waals surface area contributed by atoms with Crippen molar-refractivity contribution in [2.75, 3.05) is 6.54 Å². The fourth-order valence-electron chi connectivity index (χ4n) is 2.25. The molecule has 2 rings (SSSR count). The van der Waals surface area contributed by atoms with Crippen molar-refractivity contribution in [3.8, 4) is 0 Å². The van der Waals surface area contributed by atoms with Crippen LogP contribution in [0, 0.1) is 0 Å². The number of hydrogen-bond donors (Lipinski definition) is 2. The third kappa shape index (κ3) is 4.87. The summed E-state index contributed by atoms with van der Waals surface area (Å²) in [6.45, 7) is 3.27. The van der Waals surface area contributed by atoms with Gasteiger partial charge in [0.2, 0.25) is 0 Å². The average molecular weight is 257 g/mol. The summed E-state index contributed by atoms with van der Waals surface area (Å²) in [7, 11) is 0. The first-order valence-electron chi connectivity index (χ1n) is 7.14. The molecule has 1 aromatic heterocycles. The van der Waals surface area contributed by atoms with Crippen molar-refractivity contribution in [3.63, 3.8) is 0 Å². The van der Waals surface area contributed by atoms with Gasteiger partial charge in [0.1, 0.15) is 5.82 Å². The molecule has 0 spiro atoms. The maximum absolute atomic E-state index is 4.32. The van der Waals surface area contributed by atoms with Gasteiger partial charge in [0.15, 0.2) is 0 Å². The minimum absolute atomic E-state index is 0.492. The molecule has 1 unspecified atom stereocenters. The number of imidazole rings is 1. The molecule has 2 N–H and O–H groups in total. The van der Waals surface area contributed by atoms with Crippen molar-refractivity contribution in [2.45, 2.75) is 38.6 Å². The second-order valence-corrected chi connectivity index (χ2v) is 4.92. The van der Waals surface area contributed by atoms with E-state index in [9.17, 15) is 0 Å². The smallest absolute Gasteiger partial charge is 0.107 e. The Balaban J connectivity index is 1.86. The standard InChI is InChI=1S/C16H23N3/c1-2-10-17-15(13-16-18-11-12-19-16)9-8-14-6-4-3-5-7-14/h3-7,11-12,15,17H,2,8-10,13H2,1H3,(H,18,19). The van der Waals surface area contributed by atoms with Crippen molar-refractivity contribution in [1.29, 1.82) is 0 Å². The molecule has 0 aliphatic rings. The van der Waals surface area contributed by atoms with Gasteiger partial charge in [-0.05, 0) is 31.4 Å². The van der Waals surface area contributed by atoms with Gasteiger partial charge in [-0.25, -0.2) is 4.98 Å². The normalized spacial score (nSPS) is 12.5. The zero-order chi connectivity index (χ0) is 13.3. The summed E-state index contributed by atoms with van der Waals surface area (Å²) in [5.41, 5.74) is 1.41. The molecule has 2 aromatic rings. The molecule has 0 amide bonds. The summed E-state index contributed by atoms with van der Waals surface area (Å²) in [5.74, 6) is 1.07. The number of aryl methyl sites for hydroxylation is 1. The van der Waals surface area contributed by atoms with E-state index < -0.39 is 0 Å². The lowest BCUT2D eigenvalue weighted by molar-refractivity contribution is 0.470. The largest absolute Gasteiger partial charge is 0.349 e. The molecule has 3 heteroatoms. The van der Waals surface area contributed by atoms with Gasteiger partial charge in [0.25, 0.3) is 0 Å². The molecule has 0 saturated heterocycles. The van der Waals surface area contributed by atoms with Gasteiger partial charge >= 0.3 is 0 Å². The highest BCUT2D eigenvalue weighted by Gasteiger charge is 2.10. The molecule has 1 aromatic carbocycles. The van der Waals surface area contributed by atoms with Gasteiger partial charge in [-0.15, -0.1) is 0 Å². The lowest BCUT2D eigenvalue weighted by Gasteiger charge is -2.17. The van der Waals surface area contributed by atoms with Gasteiger partial charge in [-0.1, -0.05) is 37.3 Å². The molecular formula is C16H23N3. The zero-order valence-electron chi connectivity index (χ0n) is 11.6. The molecule has 0 aliphatic heterocycles. The SMILES string of the molecule is CCCNC(CCc1ccccc1)Cc1ncc[nH]1. The summed E-state index contributed by atoms with van der Waals surface area (Å²) >= 11 is 0. The zero-order valence-corrected chi connectivity index (χ0v) is 11.6. The highest BCUT2D eigenvalue weighted by atomic mass is 14.9. The highest BCUT2D eigenvalue weighted by molar-refractivity contribution is 5.14. The fourth-order valence-corrected chi connectivity index (χ4v) is 2.25. The average Bonchev–Trinajstić information content (AvgIpc) is 2.96. The van der Waals surface area contributed by atoms with Crippen molar-refractivity contribution in [3.05, 3.63) is 54.1 Å². The predicted octanol–water partition coefficient (Wildman–Crippen LogP) is 2.95. The van der Waals surface area contributed by atoms with E-state index in [1.165, 1.54) is 12.0 Å². The van der Waals surface area contributed by atoms with Gasteiger partial charge < -0.3 is 10.3 Å². The molecule has 1 heterocycles. The van der Waals surface area contributed by atoms with Gasteiger partial charge in [0, 0.05) is 24.9 Å². The first-order valence-corrected chi connectivity index (χ1v) is 7.14. The first-order chi connectivity index (χ1) is 9.38. The van der Waals surface area contributed by atoms with E-state index in [-0.39, 0.29) is 0 Å². The van der Waals surface area contributed by atoms with E-state index in [4.69, 9.17) is 0 Å². The number of aromatic nitrogens is 2. The first kappa shape index (κ1) is 13.8. The Morgan fingerprint density at radius 1 is 1.26 bits per heavy atom. The predicted molar refractivity (Wildman–Crippen MR) is 79.1 cm³/mol. The number of hydrogen-bond acceptors (Lipinski definition) is 2. The van der Waals surface area contributed by atoms with Gasteiger partial charge in [0.05, 0.1) is 0 Å². The summed E-state index contributed by atoms with van der Waals surface area (Å²) in [5, 5.41) is 3.62. The van der Waals surface area contributed by atoms with Gasteiger partial charge in [-0.3, -0.25) is 0 Å². The van der Waals surface area contributed by atoms with Crippen LogP contribution in [0.3, 0.4) is 0 Å². The summed E-state index contributed by atoms with van der Waals surface area (Å²) in [6, 6.07) is 11.2. The second-order valence-electron chi connectivity index (χ2n) is 4.92. The van der Waals surface area contributed by atoms with Crippen LogP contribution in [-0.2, 0) is 12.8 Å². The van der Waals surface area contributed by atoms with Crippen LogP contribution < -0.4 is 5.32 Å². The van der Waals surface area contributed by atoms with Crippen LogP contribution >= 0.6 is 0 Å². The van der Waals surface area contributed by atoms with E-state index in [1.54, 1.807) is 0 Å². The number of benzene rings is 1. The van der Waals surface area contributed by atoms with Crippen LogP contribution in [0.4, 0.5) is 0 Å². The lowest BCUT2D eigenvalue weighted by Crippen LogP contribution is -2.32. The van der Waals surface area contributed by atoms with Crippen LogP contribution in [-0.4, -0.2) is 22.6 Å². The molecule has 0 bridgehead atoms. The maximum atomic E-state index is 4.32. The van der Waals surface area contributed by atoms with Crippen LogP contribution in [0.1, 0.15) is 31.2 Å². The van der Waals surface area contributed by atoms with Crippen LogP contribution in [0.25, 0.3) is 0 Å². The minimum Gasteiger partial charge on any atom is -0.349 e. The van der Waals surface area contributed by atoms with Crippen molar-refractivity contribution < 1.29 is 0 Å². The number of nitrogens with one attached hydrogen (secondary N) is 2. The number of nitrogens with zero attached hydrogens (tertiary/aromatic N) is 1. The Morgan fingerprint density at radius 3 is 2.79 bits per heavy atom. The van der Waals surface area contributed by atoms with E-state index in [0.29, 0.717) is 6.04 Å². The highest BCUT2D eigenvalue weighted by Crippen LogP contribution is 2.08. The molecule has 1 atom stereocenters. The van der Waals surface area contributed by atoms with Crippen LogP contribution in [0.2, 0.25) is 0 Å². The molecule has 0 radical (unpaired) electrons. The molecule has 19 heavy (non-hydrogen) atoms.